The monoisotopic (exact) mass is 388 g/mol. The first-order valence-electron chi connectivity index (χ1n) is 9.54. The van der Waals surface area contributed by atoms with E-state index in [-0.39, 0.29) is 5.56 Å². The molecule has 29 heavy (non-hydrogen) atoms. The van der Waals surface area contributed by atoms with Gasteiger partial charge in [-0.2, -0.15) is 5.10 Å². The maximum atomic E-state index is 12.2. The third kappa shape index (κ3) is 3.42. The summed E-state index contributed by atoms with van der Waals surface area (Å²) < 4.78 is 1.47. The first kappa shape index (κ1) is 17.4. The van der Waals surface area contributed by atoms with Crippen molar-refractivity contribution in [1.82, 2.24) is 29.7 Å². The molecule has 0 atom stereocenters. The molecule has 0 unspecified atom stereocenters. The molecule has 146 valence electrons. The predicted molar refractivity (Wildman–Crippen MR) is 110 cm³/mol. The molecule has 0 bridgehead atoms. The maximum Gasteiger partial charge on any atom is 0.267 e. The van der Waals surface area contributed by atoms with Crippen molar-refractivity contribution in [2.75, 3.05) is 36.0 Å². The number of fused-ring (bicyclic) bond motifs is 1. The average Bonchev–Trinajstić information content (AvgIpc) is 3.25. The van der Waals surface area contributed by atoms with Crippen LogP contribution in [0.1, 0.15) is 5.69 Å². The third-order valence-electron chi connectivity index (χ3n) is 5.13. The van der Waals surface area contributed by atoms with E-state index in [0.29, 0.717) is 6.54 Å². The van der Waals surface area contributed by atoms with Crippen LogP contribution in [0, 0.1) is 0 Å². The molecule has 1 fully saturated rings. The summed E-state index contributed by atoms with van der Waals surface area (Å²) in [5.74, 6) is 1.75. The standard InChI is InChI=1S/C20H20N8O/c29-18-5-4-17(25-28(18)13-15-3-1-2-7-21-15)26-9-11-27(12-10-26)20-16-6-8-22-19(16)23-14-24-20/h1-8,14H,9-13H2,(H,22,23,24). The Morgan fingerprint density at radius 3 is 2.62 bits per heavy atom. The lowest BCUT2D eigenvalue weighted by atomic mass is 10.2. The maximum absolute atomic E-state index is 12.2. The number of nitrogens with one attached hydrogen (secondary N) is 1. The Bertz CT molecular complexity index is 1180. The number of pyridine rings is 1. The lowest BCUT2D eigenvalue weighted by Gasteiger charge is -2.36. The Hall–Kier alpha value is -3.75. The fourth-order valence-corrected chi connectivity index (χ4v) is 3.62. The summed E-state index contributed by atoms with van der Waals surface area (Å²) in [6, 6.07) is 11.0. The summed E-state index contributed by atoms with van der Waals surface area (Å²) in [7, 11) is 0. The molecule has 9 nitrogen and oxygen atoms in total. The van der Waals surface area contributed by atoms with Gasteiger partial charge >= 0.3 is 0 Å². The molecule has 0 aromatic carbocycles. The second-order valence-electron chi connectivity index (χ2n) is 6.92. The molecule has 0 spiro atoms. The number of hydrogen-bond acceptors (Lipinski definition) is 7. The van der Waals surface area contributed by atoms with Crippen LogP contribution in [0.3, 0.4) is 0 Å². The summed E-state index contributed by atoms with van der Waals surface area (Å²) >= 11 is 0. The number of nitrogens with zero attached hydrogens (tertiary/aromatic N) is 7. The summed E-state index contributed by atoms with van der Waals surface area (Å²) in [5.41, 5.74) is 1.53. The highest BCUT2D eigenvalue weighted by Crippen LogP contribution is 2.23. The van der Waals surface area contributed by atoms with Crippen molar-refractivity contribution in [2.45, 2.75) is 6.54 Å². The molecular weight excluding hydrogens is 368 g/mol. The van der Waals surface area contributed by atoms with Crippen LogP contribution < -0.4 is 15.4 Å². The first-order chi connectivity index (χ1) is 14.3. The van der Waals surface area contributed by atoms with Gasteiger partial charge in [0.15, 0.2) is 0 Å². The van der Waals surface area contributed by atoms with Crippen LogP contribution in [-0.2, 0) is 6.54 Å². The number of H-pyrrole nitrogens is 1. The minimum Gasteiger partial charge on any atom is -0.352 e. The van der Waals surface area contributed by atoms with Crippen molar-refractivity contribution in [1.29, 1.82) is 0 Å². The third-order valence-corrected chi connectivity index (χ3v) is 5.13. The van der Waals surface area contributed by atoms with Gasteiger partial charge in [-0.25, -0.2) is 14.6 Å². The molecule has 1 N–H and O–H groups in total. The van der Waals surface area contributed by atoms with E-state index in [0.717, 1.165) is 54.5 Å². The number of piperazine rings is 1. The van der Waals surface area contributed by atoms with Gasteiger partial charge in [0.25, 0.3) is 5.56 Å². The van der Waals surface area contributed by atoms with Gasteiger partial charge in [-0.3, -0.25) is 9.78 Å². The largest absolute Gasteiger partial charge is 0.352 e. The summed E-state index contributed by atoms with van der Waals surface area (Å²) in [6.45, 7) is 3.59. The molecule has 5 rings (SSSR count). The number of anilines is 2. The van der Waals surface area contributed by atoms with Crippen LogP contribution in [0.15, 0.2) is 59.9 Å². The van der Waals surface area contributed by atoms with Gasteiger partial charge in [-0.1, -0.05) is 6.07 Å². The Kier molecular flexibility index (Phi) is 4.39. The lowest BCUT2D eigenvalue weighted by Crippen LogP contribution is -2.47. The summed E-state index contributed by atoms with van der Waals surface area (Å²) in [4.78, 5) is 32.8. The number of hydrogen-bond donors (Lipinski definition) is 1. The molecule has 5 heterocycles. The van der Waals surface area contributed by atoms with E-state index in [1.54, 1.807) is 24.7 Å². The number of rotatable bonds is 4. The van der Waals surface area contributed by atoms with Gasteiger partial charge in [0, 0.05) is 44.6 Å². The normalized spacial score (nSPS) is 14.5. The number of aromatic nitrogens is 6. The predicted octanol–water partition coefficient (Wildman–Crippen LogP) is 1.28. The highest BCUT2D eigenvalue weighted by molar-refractivity contribution is 5.87. The molecule has 0 radical (unpaired) electrons. The zero-order chi connectivity index (χ0) is 19.6. The Labute approximate surface area is 166 Å². The van der Waals surface area contributed by atoms with Crippen LogP contribution >= 0.6 is 0 Å². The van der Waals surface area contributed by atoms with Gasteiger partial charge in [0.1, 0.15) is 23.6 Å². The van der Waals surface area contributed by atoms with E-state index in [4.69, 9.17) is 0 Å². The minimum absolute atomic E-state index is 0.131. The second-order valence-corrected chi connectivity index (χ2v) is 6.92. The Morgan fingerprint density at radius 2 is 1.79 bits per heavy atom. The van der Waals surface area contributed by atoms with Gasteiger partial charge in [-0.15, -0.1) is 0 Å². The topological polar surface area (TPSA) is 95.8 Å². The van der Waals surface area contributed by atoms with Crippen molar-refractivity contribution in [2.24, 2.45) is 0 Å². The van der Waals surface area contributed by atoms with E-state index in [1.165, 1.54) is 4.68 Å². The van der Waals surface area contributed by atoms with E-state index in [1.807, 2.05) is 30.5 Å². The van der Waals surface area contributed by atoms with Crippen molar-refractivity contribution in [3.05, 3.63) is 71.2 Å². The summed E-state index contributed by atoms with van der Waals surface area (Å²) in [5, 5.41) is 5.60. The molecule has 0 aliphatic carbocycles. The van der Waals surface area contributed by atoms with Crippen LogP contribution in [-0.4, -0.2) is 55.9 Å². The molecule has 9 heteroatoms. The van der Waals surface area contributed by atoms with Gasteiger partial charge < -0.3 is 14.8 Å². The van der Waals surface area contributed by atoms with Crippen LogP contribution in [0.5, 0.6) is 0 Å². The van der Waals surface area contributed by atoms with Crippen molar-refractivity contribution in [3.8, 4) is 0 Å². The van der Waals surface area contributed by atoms with Crippen molar-refractivity contribution < 1.29 is 0 Å². The fourth-order valence-electron chi connectivity index (χ4n) is 3.62. The zero-order valence-electron chi connectivity index (χ0n) is 15.8. The minimum atomic E-state index is -0.131. The molecule has 4 aromatic heterocycles. The highest BCUT2D eigenvalue weighted by Gasteiger charge is 2.21. The van der Waals surface area contributed by atoms with E-state index in [2.05, 4.69) is 34.8 Å². The van der Waals surface area contributed by atoms with E-state index in [9.17, 15) is 4.79 Å². The summed E-state index contributed by atoms with van der Waals surface area (Å²) in [6.07, 6.45) is 5.20. The van der Waals surface area contributed by atoms with Gasteiger partial charge in [-0.05, 0) is 24.3 Å². The van der Waals surface area contributed by atoms with Crippen molar-refractivity contribution >= 4 is 22.7 Å². The lowest BCUT2D eigenvalue weighted by molar-refractivity contribution is 0.595. The van der Waals surface area contributed by atoms with E-state index < -0.39 is 0 Å². The van der Waals surface area contributed by atoms with Gasteiger partial charge in [0.05, 0.1) is 17.6 Å². The molecule has 0 amide bonds. The number of aromatic amines is 1. The second kappa shape index (κ2) is 7.34. The van der Waals surface area contributed by atoms with E-state index >= 15 is 0 Å². The first-order valence-corrected chi connectivity index (χ1v) is 9.54. The quantitative estimate of drug-likeness (QED) is 0.563. The van der Waals surface area contributed by atoms with Gasteiger partial charge in [0.2, 0.25) is 0 Å². The van der Waals surface area contributed by atoms with Crippen LogP contribution in [0.2, 0.25) is 0 Å². The highest BCUT2D eigenvalue weighted by atomic mass is 16.1. The van der Waals surface area contributed by atoms with Crippen molar-refractivity contribution in [3.63, 3.8) is 0 Å². The smallest absolute Gasteiger partial charge is 0.267 e. The molecule has 1 aliphatic rings. The van der Waals surface area contributed by atoms with Crippen LogP contribution in [0.4, 0.5) is 11.6 Å². The molecule has 0 saturated carbocycles. The molecular formula is C20H20N8O. The fraction of sp³-hybridized carbons (Fsp3) is 0.250. The molecule has 4 aromatic rings. The molecule has 1 aliphatic heterocycles. The molecule has 1 saturated heterocycles. The average molecular weight is 388 g/mol. The SMILES string of the molecule is O=c1ccc(N2CCN(c3ncnc4[nH]ccc34)CC2)nn1Cc1ccccn1. The zero-order valence-corrected chi connectivity index (χ0v) is 15.8. The Balaban J connectivity index is 1.32. The Morgan fingerprint density at radius 1 is 0.931 bits per heavy atom. The van der Waals surface area contributed by atoms with Crippen LogP contribution in [0.25, 0.3) is 11.0 Å².